The Kier molecular flexibility index (Phi) is 3.49. The average molecular weight is 243 g/mol. The Bertz CT molecular complexity index is 495. The number of aromatic nitrogens is 2. The normalized spacial score (nSPS) is 17.8. The summed E-state index contributed by atoms with van der Waals surface area (Å²) in [4.78, 5) is 0. The number of hydrogen-bond acceptors (Lipinski definition) is 2. The van der Waals surface area contributed by atoms with E-state index in [1.165, 1.54) is 49.6 Å². The van der Waals surface area contributed by atoms with Gasteiger partial charge in [0.15, 0.2) is 0 Å². The van der Waals surface area contributed by atoms with Crippen LogP contribution in [-0.2, 0) is 0 Å². The number of rotatable bonds is 3. The lowest BCUT2D eigenvalue weighted by atomic mass is 10.0. The summed E-state index contributed by atoms with van der Waals surface area (Å²) >= 11 is 0. The first-order chi connectivity index (χ1) is 8.93. The Labute approximate surface area is 108 Å². The first-order valence-electron chi connectivity index (χ1n) is 7.09. The summed E-state index contributed by atoms with van der Waals surface area (Å²) in [5.41, 5.74) is 2.32. The molecule has 0 aliphatic heterocycles. The predicted octanol–water partition coefficient (Wildman–Crippen LogP) is 3.95. The molecule has 0 bridgehead atoms. The van der Waals surface area contributed by atoms with E-state index in [0.717, 1.165) is 18.0 Å². The number of aromatic amines is 1. The maximum absolute atomic E-state index is 4.11. The highest BCUT2D eigenvalue weighted by atomic mass is 15.1. The van der Waals surface area contributed by atoms with E-state index in [1.807, 2.05) is 6.20 Å². The topological polar surface area (TPSA) is 40.7 Å². The van der Waals surface area contributed by atoms with Crippen LogP contribution >= 0.6 is 0 Å². The van der Waals surface area contributed by atoms with Crippen LogP contribution in [0.2, 0.25) is 0 Å². The number of para-hydroxylation sites is 1. The van der Waals surface area contributed by atoms with Gasteiger partial charge in [-0.05, 0) is 24.8 Å². The number of nitrogens with zero attached hydrogens (tertiary/aromatic N) is 1. The van der Waals surface area contributed by atoms with Crippen molar-refractivity contribution in [2.24, 2.45) is 5.92 Å². The van der Waals surface area contributed by atoms with Crippen molar-refractivity contribution in [2.45, 2.75) is 38.5 Å². The third kappa shape index (κ3) is 2.50. The van der Waals surface area contributed by atoms with Gasteiger partial charge in [-0.15, -0.1) is 0 Å². The molecular weight excluding hydrogens is 222 g/mol. The van der Waals surface area contributed by atoms with Gasteiger partial charge >= 0.3 is 0 Å². The quantitative estimate of drug-likeness (QED) is 0.801. The average Bonchev–Trinajstić information content (AvgIpc) is 2.73. The molecule has 1 heterocycles. The Morgan fingerprint density at radius 2 is 2.00 bits per heavy atom. The van der Waals surface area contributed by atoms with Crippen LogP contribution in [-0.4, -0.2) is 16.7 Å². The van der Waals surface area contributed by atoms with Gasteiger partial charge in [0.05, 0.1) is 17.4 Å². The predicted molar refractivity (Wildman–Crippen MR) is 75.8 cm³/mol. The SMILES string of the molecule is c1cc(NCC2CCCCCC2)c2[nH]ncc2c1. The van der Waals surface area contributed by atoms with Crippen LogP contribution in [0.1, 0.15) is 38.5 Å². The minimum Gasteiger partial charge on any atom is -0.383 e. The van der Waals surface area contributed by atoms with Gasteiger partial charge in [-0.2, -0.15) is 5.10 Å². The van der Waals surface area contributed by atoms with Crippen molar-refractivity contribution in [2.75, 3.05) is 11.9 Å². The summed E-state index contributed by atoms with van der Waals surface area (Å²) in [5, 5.41) is 12.0. The van der Waals surface area contributed by atoms with Gasteiger partial charge in [-0.25, -0.2) is 0 Å². The van der Waals surface area contributed by atoms with E-state index in [-0.39, 0.29) is 0 Å². The number of benzene rings is 1. The molecule has 1 aromatic carbocycles. The van der Waals surface area contributed by atoms with Crippen molar-refractivity contribution in [1.29, 1.82) is 0 Å². The lowest BCUT2D eigenvalue weighted by Gasteiger charge is -2.16. The lowest BCUT2D eigenvalue weighted by molar-refractivity contribution is 0.483. The molecule has 0 amide bonds. The molecule has 3 nitrogen and oxygen atoms in total. The van der Waals surface area contributed by atoms with Gasteiger partial charge in [-0.3, -0.25) is 5.10 Å². The second-order valence-electron chi connectivity index (χ2n) is 5.38. The highest BCUT2D eigenvalue weighted by Crippen LogP contribution is 2.25. The fourth-order valence-corrected chi connectivity index (χ4v) is 2.94. The zero-order valence-electron chi connectivity index (χ0n) is 10.8. The van der Waals surface area contributed by atoms with Crippen molar-refractivity contribution in [3.8, 4) is 0 Å². The van der Waals surface area contributed by atoms with Crippen LogP contribution in [0.4, 0.5) is 5.69 Å². The van der Waals surface area contributed by atoms with Gasteiger partial charge < -0.3 is 5.32 Å². The van der Waals surface area contributed by atoms with Gasteiger partial charge in [0.1, 0.15) is 0 Å². The summed E-state index contributed by atoms with van der Waals surface area (Å²) in [5.74, 6) is 0.839. The van der Waals surface area contributed by atoms with Gasteiger partial charge in [0.2, 0.25) is 0 Å². The summed E-state index contributed by atoms with van der Waals surface area (Å²) in [6.45, 7) is 1.10. The van der Waals surface area contributed by atoms with E-state index in [1.54, 1.807) is 0 Å². The largest absolute Gasteiger partial charge is 0.383 e. The summed E-state index contributed by atoms with van der Waals surface area (Å²) in [6, 6.07) is 6.32. The number of nitrogens with one attached hydrogen (secondary N) is 2. The highest BCUT2D eigenvalue weighted by Gasteiger charge is 2.12. The molecular formula is C15H21N3. The van der Waals surface area contributed by atoms with E-state index < -0.39 is 0 Å². The maximum atomic E-state index is 4.11. The zero-order chi connectivity index (χ0) is 12.2. The monoisotopic (exact) mass is 243 g/mol. The molecule has 0 saturated heterocycles. The maximum Gasteiger partial charge on any atom is 0.0881 e. The molecule has 0 radical (unpaired) electrons. The molecule has 0 unspecified atom stereocenters. The molecule has 3 heteroatoms. The first kappa shape index (κ1) is 11.6. The summed E-state index contributed by atoms with van der Waals surface area (Å²) < 4.78 is 0. The molecule has 1 saturated carbocycles. The third-order valence-corrected chi connectivity index (χ3v) is 4.03. The molecule has 2 aromatic rings. The summed E-state index contributed by atoms with van der Waals surface area (Å²) in [7, 11) is 0. The molecule has 3 rings (SSSR count). The molecule has 1 aliphatic carbocycles. The van der Waals surface area contributed by atoms with E-state index in [2.05, 4.69) is 33.7 Å². The minimum absolute atomic E-state index is 0.839. The molecule has 96 valence electrons. The molecule has 1 aromatic heterocycles. The Hall–Kier alpha value is -1.51. The minimum atomic E-state index is 0.839. The van der Waals surface area contributed by atoms with Gasteiger partial charge in [-0.1, -0.05) is 37.8 Å². The highest BCUT2D eigenvalue weighted by molar-refractivity contribution is 5.89. The molecule has 0 atom stereocenters. The number of anilines is 1. The number of fused-ring (bicyclic) bond motifs is 1. The van der Waals surface area contributed by atoms with Crippen molar-refractivity contribution < 1.29 is 0 Å². The van der Waals surface area contributed by atoms with E-state index >= 15 is 0 Å². The molecule has 2 N–H and O–H groups in total. The van der Waals surface area contributed by atoms with Gasteiger partial charge in [0, 0.05) is 11.9 Å². The molecule has 18 heavy (non-hydrogen) atoms. The van der Waals surface area contributed by atoms with Crippen LogP contribution in [0.15, 0.2) is 24.4 Å². The van der Waals surface area contributed by atoms with Crippen LogP contribution in [0.5, 0.6) is 0 Å². The summed E-state index contributed by atoms with van der Waals surface area (Å²) in [6.07, 6.45) is 10.3. The van der Waals surface area contributed by atoms with Gasteiger partial charge in [0.25, 0.3) is 0 Å². The Morgan fingerprint density at radius 3 is 2.83 bits per heavy atom. The Balaban J connectivity index is 1.67. The standard InChI is InChI=1S/C15H21N3/c1-2-4-7-12(6-3-1)10-16-14-9-5-8-13-11-17-18-15(13)14/h5,8-9,11-12,16H,1-4,6-7,10H2,(H,17,18). The van der Waals surface area contributed by atoms with Crippen LogP contribution in [0, 0.1) is 5.92 Å². The second kappa shape index (κ2) is 5.42. The smallest absolute Gasteiger partial charge is 0.0881 e. The Morgan fingerprint density at radius 1 is 1.17 bits per heavy atom. The number of hydrogen-bond donors (Lipinski definition) is 2. The van der Waals surface area contributed by atoms with Crippen molar-refractivity contribution in [3.05, 3.63) is 24.4 Å². The number of H-pyrrole nitrogens is 1. The van der Waals surface area contributed by atoms with Crippen molar-refractivity contribution in [3.63, 3.8) is 0 Å². The molecule has 0 spiro atoms. The fourth-order valence-electron chi connectivity index (χ4n) is 2.94. The van der Waals surface area contributed by atoms with E-state index in [9.17, 15) is 0 Å². The van der Waals surface area contributed by atoms with Crippen molar-refractivity contribution >= 4 is 16.6 Å². The first-order valence-corrected chi connectivity index (χ1v) is 7.09. The van der Waals surface area contributed by atoms with E-state index in [0.29, 0.717) is 0 Å². The van der Waals surface area contributed by atoms with Crippen molar-refractivity contribution in [1.82, 2.24) is 10.2 Å². The lowest BCUT2D eigenvalue weighted by Crippen LogP contribution is -2.13. The van der Waals surface area contributed by atoms with E-state index in [4.69, 9.17) is 0 Å². The van der Waals surface area contributed by atoms with Crippen LogP contribution < -0.4 is 5.32 Å². The second-order valence-corrected chi connectivity index (χ2v) is 5.38. The van der Waals surface area contributed by atoms with Crippen LogP contribution in [0.3, 0.4) is 0 Å². The van der Waals surface area contributed by atoms with Crippen LogP contribution in [0.25, 0.3) is 10.9 Å². The molecule has 1 fully saturated rings. The molecule has 1 aliphatic rings. The third-order valence-electron chi connectivity index (χ3n) is 4.03. The fraction of sp³-hybridized carbons (Fsp3) is 0.533. The zero-order valence-corrected chi connectivity index (χ0v) is 10.8.